The molecule has 3 unspecified atom stereocenters. The van der Waals surface area contributed by atoms with E-state index in [0.717, 1.165) is 31.5 Å². The summed E-state index contributed by atoms with van der Waals surface area (Å²) in [6, 6.07) is 2.53. The summed E-state index contributed by atoms with van der Waals surface area (Å²) in [5.74, 6) is 2.12. The van der Waals surface area contributed by atoms with Crippen molar-refractivity contribution in [2.75, 3.05) is 26.7 Å². The Hall–Kier alpha value is -0.590. The number of nitriles is 1. The van der Waals surface area contributed by atoms with Gasteiger partial charge in [0.05, 0.1) is 6.07 Å². The number of likely N-dealkylation sites (tertiary alicyclic amines) is 1. The molecule has 0 aromatic rings. The van der Waals surface area contributed by atoms with Gasteiger partial charge >= 0.3 is 0 Å². The van der Waals surface area contributed by atoms with Gasteiger partial charge in [0.2, 0.25) is 0 Å². The Labute approximate surface area is 98.8 Å². The van der Waals surface area contributed by atoms with Crippen molar-refractivity contribution in [3.63, 3.8) is 0 Å². The second-order valence-electron chi connectivity index (χ2n) is 5.76. The van der Waals surface area contributed by atoms with E-state index in [2.05, 4.69) is 30.1 Å². The molecule has 1 aliphatic carbocycles. The van der Waals surface area contributed by atoms with Crippen LogP contribution >= 0.6 is 0 Å². The highest BCUT2D eigenvalue weighted by Gasteiger charge is 2.46. The summed E-state index contributed by atoms with van der Waals surface area (Å²) in [7, 11) is 1.93. The smallest absolute Gasteiger partial charge is 0.122 e. The molecule has 2 rings (SSSR count). The first-order chi connectivity index (χ1) is 7.61. The molecular formula is C13H23N3. The quantitative estimate of drug-likeness (QED) is 0.781. The first-order valence-corrected chi connectivity index (χ1v) is 6.44. The van der Waals surface area contributed by atoms with Crippen LogP contribution in [-0.4, -0.2) is 37.1 Å². The molecular weight excluding hydrogens is 198 g/mol. The fraction of sp³-hybridized carbons (Fsp3) is 0.923. The fourth-order valence-corrected chi connectivity index (χ4v) is 2.90. The normalized spacial score (nSPS) is 34.6. The van der Waals surface area contributed by atoms with Gasteiger partial charge in [-0.25, -0.2) is 0 Å². The van der Waals surface area contributed by atoms with Crippen molar-refractivity contribution in [2.45, 2.75) is 32.2 Å². The summed E-state index contributed by atoms with van der Waals surface area (Å²) in [5.41, 5.74) is -0.288. The Kier molecular flexibility index (Phi) is 3.23. The third-order valence-electron chi connectivity index (χ3n) is 4.46. The van der Waals surface area contributed by atoms with Crippen molar-refractivity contribution in [3.05, 3.63) is 0 Å². The maximum Gasteiger partial charge on any atom is 0.122 e. The standard InChI is InChI=1S/C13H23N3/c1-10-6-16(7-11(10)2)9-13(8-14,15-3)12-4-5-12/h10-12,15H,4-7,9H2,1-3H3. The van der Waals surface area contributed by atoms with Crippen LogP contribution in [0.1, 0.15) is 26.7 Å². The Morgan fingerprint density at radius 1 is 1.31 bits per heavy atom. The van der Waals surface area contributed by atoms with Gasteiger partial charge in [0.15, 0.2) is 0 Å². The molecule has 3 heteroatoms. The van der Waals surface area contributed by atoms with Crippen LogP contribution in [0.5, 0.6) is 0 Å². The predicted molar refractivity (Wildman–Crippen MR) is 64.9 cm³/mol. The minimum absolute atomic E-state index is 0.288. The Morgan fingerprint density at radius 2 is 1.88 bits per heavy atom. The van der Waals surface area contributed by atoms with Crippen LogP contribution in [0.4, 0.5) is 0 Å². The van der Waals surface area contributed by atoms with E-state index in [1.54, 1.807) is 0 Å². The number of hydrogen-bond donors (Lipinski definition) is 1. The van der Waals surface area contributed by atoms with Gasteiger partial charge in [-0.05, 0) is 37.6 Å². The molecule has 1 saturated carbocycles. The van der Waals surface area contributed by atoms with Crippen molar-refractivity contribution >= 4 is 0 Å². The predicted octanol–water partition coefficient (Wildman–Crippen LogP) is 1.47. The van der Waals surface area contributed by atoms with Gasteiger partial charge in [-0.2, -0.15) is 5.26 Å². The van der Waals surface area contributed by atoms with Crippen LogP contribution in [0.3, 0.4) is 0 Å². The summed E-state index contributed by atoms with van der Waals surface area (Å²) >= 11 is 0. The van der Waals surface area contributed by atoms with Crippen LogP contribution in [0.15, 0.2) is 0 Å². The second-order valence-corrected chi connectivity index (χ2v) is 5.76. The van der Waals surface area contributed by atoms with Crippen LogP contribution in [0.25, 0.3) is 0 Å². The first kappa shape index (κ1) is 11.9. The molecule has 0 bridgehead atoms. The zero-order valence-electron chi connectivity index (χ0n) is 10.7. The van der Waals surface area contributed by atoms with Crippen molar-refractivity contribution < 1.29 is 0 Å². The van der Waals surface area contributed by atoms with Gasteiger partial charge in [0.25, 0.3) is 0 Å². The lowest BCUT2D eigenvalue weighted by Gasteiger charge is -2.31. The zero-order valence-corrected chi connectivity index (χ0v) is 10.7. The molecule has 3 atom stereocenters. The average Bonchev–Trinajstić information content (AvgIpc) is 3.05. The average molecular weight is 221 g/mol. The highest BCUT2D eigenvalue weighted by molar-refractivity contribution is 5.16. The third-order valence-corrected chi connectivity index (χ3v) is 4.46. The zero-order chi connectivity index (χ0) is 11.8. The molecule has 1 saturated heterocycles. The Balaban J connectivity index is 1.99. The van der Waals surface area contributed by atoms with Crippen LogP contribution in [-0.2, 0) is 0 Å². The third kappa shape index (κ3) is 2.09. The van der Waals surface area contributed by atoms with E-state index in [4.69, 9.17) is 0 Å². The highest BCUT2D eigenvalue weighted by atomic mass is 15.2. The minimum atomic E-state index is -0.288. The number of nitrogens with one attached hydrogen (secondary N) is 1. The van der Waals surface area contributed by atoms with E-state index in [1.807, 2.05) is 7.05 Å². The van der Waals surface area contributed by atoms with E-state index in [-0.39, 0.29) is 5.54 Å². The largest absolute Gasteiger partial charge is 0.301 e. The van der Waals surface area contributed by atoms with E-state index < -0.39 is 0 Å². The summed E-state index contributed by atoms with van der Waals surface area (Å²) in [6.07, 6.45) is 2.43. The number of hydrogen-bond acceptors (Lipinski definition) is 3. The van der Waals surface area contributed by atoms with Gasteiger partial charge in [-0.15, -0.1) is 0 Å². The van der Waals surface area contributed by atoms with Crippen LogP contribution < -0.4 is 5.32 Å². The SMILES string of the molecule is CNC(C#N)(CN1CC(C)C(C)C1)C1CC1. The van der Waals surface area contributed by atoms with Crippen molar-refractivity contribution in [1.82, 2.24) is 10.2 Å². The van der Waals surface area contributed by atoms with E-state index in [9.17, 15) is 5.26 Å². The maximum atomic E-state index is 9.44. The molecule has 1 aliphatic heterocycles. The molecule has 0 aromatic carbocycles. The monoisotopic (exact) mass is 221 g/mol. The van der Waals surface area contributed by atoms with Gasteiger partial charge in [0.1, 0.15) is 5.54 Å². The molecule has 16 heavy (non-hydrogen) atoms. The molecule has 0 aromatic heterocycles. The molecule has 1 N–H and O–H groups in total. The highest BCUT2D eigenvalue weighted by Crippen LogP contribution is 2.40. The second kappa shape index (κ2) is 4.35. The summed E-state index contributed by atoms with van der Waals surface area (Å²) in [6.45, 7) is 7.84. The lowest BCUT2D eigenvalue weighted by Crippen LogP contribution is -2.52. The number of nitrogens with zero attached hydrogens (tertiary/aromatic N) is 2. The lowest BCUT2D eigenvalue weighted by atomic mass is 9.94. The molecule has 2 fully saturated rings. The topological polar surface area (TPSA) is 39.1 Å². The molecule has 90 valence electrons. The number of rotatable bonds is 4. The van der Waals surface area contributed by atoms with E-state index in [1.165, 1.54) is 12.8 Å². The molecule has 1 heterocycles. The van der Waals surface area contributed by atoms with Gasteiger partial charge in [-0.1, -0.05) is 13.8 Å². The summed E-state index contributed by atoms with van der Waals surface area (Å²) in [5, 5.41) is 12.7. The van der Waals surface area contributed by atoms with Crippen LogP contribution in [0.2, 0.25) is 0 Å². The Bertz CT molecular complexity index is 282. The lowest BCUT2D eigenvalue weighted by molar-refractivity contribution is 0.230. The van der Waals surface area contributed by atoms with Gasteiger partial charge < -0.3 is 5.32 Å². The summed E-state index contributed by atoms with van der Waals surface area (Å²) in [4.78, 5) is 2.47. The van der Waals surface area contributed by atoms with Crippen molar-refractivity contribution in [1.29, 1.82) is 5.26 Å². The Morgan fingerprint density at radius 3 is 2.25 bits per heavy atom. The fourth-order valence-electron chi connectivity index (χ4n) is 2.90. The summed E-state index contributed by atoms with van der Waals surface area (Å²) < 4.78 is 0. The molecule has 0 radical (unpaired) electrons. The maximum absolute atomic E-state index is 9.44. The number of likely N-dealkylation sites (N-methyl/N-ethyl adjacent to an activating group) is 1. The van der Waals surface area contributed by atoms with Gasteiger partial charge in [-0.3, -0.25) is 4.90 Å². The molecule has 2 aliphatic rings. The minimum Gasteiger partial charge on any atom is -0.301 e. The molecule has 0 amide bonds. The first-order valence-electron chi connectivity index (χ1n) is 6.44. The molecule has 0 spiro atoms. The van der Waals surface area contributed by atoms with Gasteiger partial charge in [0, 0.05) is 19.6 Å². The van der Waals surface area contributed by atoms with E-state index in [0.29, 0.717) is 5.92 Å². The molecule has 3 nitrogen and oxygen atoms in total. The van der Waals surface area contributed by atoms with Crippen molar-refractivity contribution in [2.24, 2.45) is 17.8 Å². The van der Waals surface area contributed by atoms with Crippen LogP contribution in [0, 0.1) is 29.1 Å². The van der Waals surface area contributed by atoms with E-state index >= 15 is 0 Å². The van der Waals surface area contributed by atoms with Crippen molar-refractivity contribution in [3.8, 4) is 6.07 Å².